The standard InChI is InChI=1S/C16H21N3OS/c1-11-5-3-4-6-14(11)19-15(17-18-16(19)21)12-7-9-13(20-2)10-8-12/h7-11,14H,3-6H2,1-2H3,(H,18,21). The van der Waals surface area contributed by atoms with Crippen molar-refractivity contribution in [3.8, 4) is 17.1 Å². The number of hydrogen-bond acceptors (Lipinski definition) is 3. The number of aromatic nitrogens is 3. The van der Waals surface area contributed by atoms with Crippen LogP contribution in [0.3, 0.4) is 0 Å². The predicted molar refractivity (Wildman–Crippen MR) is 86.1 cm³/mol. The second-order valence-corrected chi connectivity index (χ2v) is 6.17. The Morgan fingerprint density at radius 1 is 1.24 bits per heavy atom. The van der Waals surface area contributed by atoms with Crippen LogP contribution in [0.4, 0.5) is 0 Å². The van der Waals surface area contributed by atoms with Crippen LogP contribution in [0.5, 0.6) is 5.75 Å². The molecule has 1 aromatic carbocycles. The number of aromatic amines is 1. The van der Waals surface area contributed by atoms with Crippen molar-refractivity contribution in [2.75, 3.05) is 7.11 Å². The average molecular weight is 303 g/mol. The zero-order chi connectivity index (χ0) is 14.8. The highest BCUT2D eigenvalue weighted by molar-refractivity contribution is 7.71. The molecule has 3 rings (SSSR count). The van der Waals surface area contributed by atoms with Gasteiger partial charge in [0.05, 0.1) is 7.11 Å². The molecule has 0 radical (unpaired) electrons. The first-order valence-corrected chi connectivity index (χ1v) is 7.93. The molecule has 1 aliphatic rings. The van der Waals surface area contributed by atoms with Gasteiger partial charge < -0.3 is 4.74 Å². The van der Waals surface area contributed by atoms with Crippen LogP contribution in [-0.4, -0.2) is 21.9 Å². The van der Waals surface area contributed by atoms with Gasteiger partial charge in [0.15, 0.2) is 10.6 Å². The first kappa shape index (κ1) is 14.3. The maximum absolute atomic E-state index is 5.48. The molecule has 1 heterocycles. The fourth-order valence-electron chi connectivity index (χ4n) is 3.24. The zero-order valence-corrected chi connectivity index (χ0v) is 13.3. The monoisotopic (exact) mass is 303 g/mol. The van der Waals surface area contributed by atoms with Gasteiger partial charge in [-0.3, -0.25) is 9.67 Å². The van der Waals surface area contributed by atoms with E-state index >= 15 is 0 Å². The molecule has 1 N–H and O–H groups in total. The lowest BCUT2D eigenvalue weighted by Crippen LogP contribution is -2.22. The summed E-state index contributed by atoms with van der Waals surface area (Å²) < 4.78 is 8.15. The summed E-state index contributed by atoms with van der Waals surface area (Å²) >= 11 is 5.48. The summed E-state index contributed by atoms with van der Waals surface area (Å²) in [7, 11) is 1.68. The third-order valence-corrected chi connectivity index (χ3v) is 4.74. The van der Waals surface area contributed by atoms with Crippen LogP contribution >= 0.6 is 12.2 Å². The maximum Gasteiger partial charge on any atom is 0.195 e. The van der Waals surface area contributed by atoms with Gasteiger partial charge in [0.2, 0.25) is 0 Å². The Balaban J connectivity index is 2.01. The number of H-pyrrole nitrogens is 1. The zero-order valence-electron chi connectivity index (χ0n) is 12.5. The smallest absolute Gasteiger partial charge is 0.195 e. The van der Waals surface area contributed by atoms with Crippen molar-refractivity contribution in [1.29, 1.82) is 0 Å². The van der Waals surface area contributed by atoms with Crippen LogP contribution in [0.1, 0.15) is 38.6 Å². The van der Waals surface area contributed by atoms with E-state index in [4.69, 9.17) is 17.0 Å². The normalized spacial score (nSPS) is 22.2. The van der Waals surface area contributed by atoms with Crippen LogP contribution in [-0.2, 0) is 0 Å². The Hall–Kier alpha value is -1.62. The number of ether oxygens (including phenoxy) is 1. The third kappa shape index (κ3) is 2.75. The van der Waals surface area contributed by atoms with E-state index in [-0.39, 0.29) is 0 Å². The molecule has 5 heteroatoms. The van der Waals surface area contributed by atoms with Gasteiger partial charge in [-0.25, -0.2) is 0 Å². The molecule has 0 bridgehead atoms. The van der Waals surface area contributed by atoms with Crippen molar-refractivity contribution in [3.63, 3.8) is 0 Å². The molecule has 2 aromatic rings. The molecule has 0 saturated heterocycles. The van der Waals surface area contributed by atoms with E-state index in [0.717, 1.165) is 21.9 Å². The number of hydrogen-bond donors (Lipinski definition) is 1. The summed E-state index contributed by atoms with van der Waals surface area (Å²) in [5, 5.41) is 7.42. The van der Waals surface area contributed by atoms with Crippen LogP contribution in [0.25, 0.3) is 11.4 Å². The van der Waals surface area contributed by atoms with E-state index in [1.54, 1.807) is 7.11 Å². The number of benzene rings is 1. The minimum atomic E-state index is 0.446. The Bertz CT molecular complexity index is 659. The van der Waals surface area contributed by atoms with E-state index in [1.165, 1.54) is 25.7 Å². The van der Waals surface area contributed by atoms with E-state index in [9.17, 15) is 0 Å². The lowest BCUT2D eigenvalue weighted by Gasteiger charge is -2.30. The van der Waals surface area contributed by atoms with Crippen LogP contribution in [0.2, 0.25) is 0 Å². The second-order valence-electron chi connectivity index (χ2n) is 5.78. The summed E-state index contributed by atoms with van der Waals surface area (Å²) in [5.74, 6) is 2.42. The third-order valence-electron chi connectivity index (χ3n) is 4.45. The quantitative estimate of drug-likeness (QED) is 0.856. The molecule has 2 atom stereocenters. The summed E-state index contributed by atoms with van der Waals surface area (Å²) in [6.07, 6.45) is 5.03. The van der Waals surface area contributed by atoms with Gasteiger partial charge in [0.25, 0.3) is 0 Å². The number of rotatable bonds is 3. The minimum absolute atomic E-state index is 0.446. The Labute approximate surface area is 130 Å². The summed E-state index contributed by atoms with van der Waals surface area (Å²) in [6, 6.07) is 8.44. The first-order valence-electron chi connectivity index (χ1n) is 7.52. The van der Waals surface area contributed by atoms with E-state index in [0.29, 0.717) is 12.0 Å². The van der Waals surface area contributed by atoms with E-state index in [2.05, 4.69) is 21.7 Å². The van der Waals surface area contributed by atoms with Crippen molar-refractivity contribution in [2.24, 2.45) is 5.92 Å². The molecular weight excluding hydrogens is 282 g/mol. The molecule has 0 aliphatic heterocycles. The maximum atomic E-state index is 5.48. The van der Waals surface area contributed by atoms with E-state index < -0.39 is 0 Å². The molecule has 2 unspecified atom stereocenters. The summed E-state index contributed by atoms with van der Waals surface area (Å²) in [4.78, 5) is 0. The van der Waals surface area contributed by atoms with Gasteiger partial charge in [-0.1, -0.05) is 19.8 Å². The van der Waals surface area contributed by atoms with Crippen LogP contribution in [0, 0.1) is 10.7 Å². The summed E-state index contributed by atoms with van der Waals surface area (Å²) in [5.41, 5.74) is 1.07. The lowest BCUT2D eigenvalue weighted by atomic mass is 9.85. The molecule has 0 amide bonds. The molecule has 1 fully saturated rings. The van der Waals surface area contributed by atoms with Crippen molar-refractivity contribution in [2.45, 2.75) is 38.6 Å². The van der Waals surface area contributed by atoms with Crippen LogP contribution < -0.4 is 4.74 Å². The van der Waals surface area contributed by atoms with Crippen molar-refractivity contribution in [1.82, 2.24) is 14.8 Å². The topological polar surface area (TPSA) is 42.8 Å². The SMILES string of the molecule is COc1ccc(-c2n[nH]c(=S)n2C2CCCCC2C)cc1. The number of nitrogens with one attached hydrogen (secondary N) is 1. The number of methoxy groups -OCH3 is 1. The number of nitrogens with zero attached hydrogens (tertiary/aromatic N) is 2. The lowest BCUT2D eigenvalue weighted by molar-refractivity contribution is 0.257. The molecular formula is C16H21N3OS. The highest BCUT2D eigenvalue weighted by atomic mass is 32.1. The second kappa shape index (κ2) is 6.02. The Morgan fingerprint density at radius 2 is 1.95 bits per heavy atom. The Morgan fingerprint density at radius 3 is 2.62 bits per heavy atom. The molecule has 1 aliphatic carbocycles. The van der Waals surface area contributed by atoms with E-state index in [1.807, 2.05) is 24.3 Å². The van der Waals surface area contributed by atoms with Gasteiger partial charge in [-0.05, 0) is 55.2 Å². The van der Waals surface area contributed by atoms with Gasteiger partial charge in [-0.15, -0.1) is 0 Å². The highest BCUT2D eigenvalue weighted by Gasteiger charge is 2.26. The molecule has 1 aromatic heterocycles. The average Bonchev–Trinajstić information content (AvgIpc) is 2.89. The Kier molecular flexibility index (Phi) is 4.10. The van der Waals surface area contributed by atoms with Gasteiger partial charge in [0.1, 0.15) is 5.75 Å². The van der Waals surface area contributed by atoms with Crippen molar-refractivity contribution < 1.29 is 4.74 Å². The fraction of sp³-hybridized carbons (Fsp3) is 0.500. The highest BCUT2D eigenvalue weighted by Crippen LogP contribution is 2.36. The van der Waals surface area contributed by atoms with Crippen LogP contribution in [0.15, 0.2) is 24.3 Å². The first-order chi connectivity index (χ1) is 10.2. The largest absolute Gasteiger partial charge is 0.497 e. The molecule has 0 spiro atoms. The van der Waals surface area contributed by atoms with Gasteiger partial charge in [-0.2, -0.15) is 5.10 Å². The van der Waals surface area contributed by atoms with Gasteiger partial charge in [0, 0.05) is 11.6 Å². The van der Waals surface area contributed by atoms with Gasteiger partial charge >= 0.3 is 0 Å². The molecule has 21 heavy (non-hydrogen) atoms. The molecule has 1 saturated carbocycles. The molecule has 112 valence electrons. The molecule has 4 nitrogen and oxygen atoms in total. The fourth-order valence-corrected chi connectivity index (χ4v) is 3.50. The van der Waals surface area contributed by atoms with Crippen molar-refractivity contribution in [3.05, 3.63) is 29.0 Å². The van der Waals surface area contributed by atoms with Crippen molar-refractivity contribution >= 4 is 12.2 Å². The minimum Gasteiger partial charge on any atom is -0.497 e. The predicted octanol–water partition coefficient (Wildman–Crippen LogP) is 4.37. The summed E-state index contributed by atoms with van der Waals surface area (Å²) in [6.45, 7) is 2.32.